The van der Waals surface area contributed by atoms with Crippen molar-refractivity contribution in [2.75, 3.05) is 13.1 Å². The van der Waals surface area contributed by atoms with E-state index in [1.165, 1.54) is 19.3 Å². The third-order valence-electron chi connectivity index (χ3n) is 3.39. The fourth-order valence-corrected chi connectivity index (χ4v) is 2.05. The van der Waals surface area contributed by atoms with Gasteiger partial charge in [-0.05, 0) is 31.1 Å². The number of hydrogen-bond donors (Lipinski definition) is 3. The second-order valence-electron chi connectivity index (χ2n) is 5.55. The molecule has 5 heteroatoms. The molecule has 1 fully saturated rings. The van der Waals surface area contributed by atoms with E-state index >= 15 is 0 Å². The zero-order chi connectivity index (χ0) is 13.5. The highest BCUT2D eigenvalue weighted by Gasteiger charge is 2.21. The lowest BCUT2D eigenvalue weighted by Gasteiger charge is -2.25. The highest BCUT2D eigenvalue weighted by molar-refractivity contribution is 5.75. The first-order valence-electron chi connectivity index (χ1n) is 6.73. The van der Waals surface area contributed by atoms with Crippen molar-refractivity contribution in [1.82, 2.24) is 10.6 Å². The van der Waals surface area contributed by atoms with E-state index in [2.05, 4.69) is 10.6 Å². The third-order valence-corrected chi connectivity index (χ3v) is 3.39. The average molecular weight is 256 g/mol. The van der Waals surface area contributed by atoms with Crippen molar-refractivity contribution in [3.8, 4) is 0 Å². The van der Waals surface area contributed by atoms with Gasteiger partial charge in [-0.3, -0.25) is 4.79 Å². The Kier molecular flexibility index (Phi) is 5.95. The number of aliphatic carboxylic acids is 1. The lowest BCUT2D eigenvalue weighted by Crippen LogP contribution is -2.42. The van der Waals surface area contributed by atoms with Crippen LogP contribution < -0.4 is 10.6 Å². The van der Waals surface area contributed by atoms with Gasteiger partial charge in [-0.1, -0.05) is 20.3 Å². The Balaban J connectivity index is 2.18. The van der Waals surface area contributed by atoms with Crippen LogP contribution in [0.15, 0.2) is 0 Å². The van der Waals surface area contributed by atoms with Crippen LogP contribution in [0.2, 0.25) is 0 Å². The number of carboxylic acid groups (broad SMARTS) is 1. The van der Waals surface area contributed by atoms with Crippen molar-refractivity contribution in [3.05, 3.63) is 0 Å². The minimum atomic E-state index is -0.844. The van der Waals surface area contributed by atoms with E-state index in [0.717, 1.165) is 0 Å². The molecule has 5 nitrogen and oxygen atoms in total. The highest BCUT2D eigenvalue weighted by atomic mass is 16.4. The molecule has 0 heterocycles. The Morgan fingerprint density at radius 3 is 2.39 bits per heavy atom. The van der Waals surface area contributed by atoms with Gasteiger partial charge in [0.2, 0.25) is 0 Å². The predicted molar refractivity (Wildman–Crippen MR) is 69.3 cm³/mol. The van der Waals surface area contributed by atoms with Crippen molar-refractivity contribution >= 4 is 12.0 Å². The molecule has 0 radical (unpaired) electrons. The molecule has 0 aromatic carbocycles. The van der Waals surface area contributed by atoms with E-state index in [1.807, 2.05) is 13.8 Å². The molecule has 2 amide bonds. The molecule has 0 saturated heterocycles. The number of carbonyl (C=O) groups is 2. The molecule has 1 saturated carbocycles. The maximum atomic E-state index is 11.5. The van der Waals surface area contributed by atoms with E-state index in [1.54, 1.807) is 0 Å². The van der Waals surface area contributed by atoms with Crippen LogP contribution in [0.5, 0.6) is 0 Å². The van der Waals surface area contributed by atoms with Gasteiger partial charge in [-0.2, -0.15) is 0 Å². The smallest absolute Gasteiger partial charge is 0.314 e. The Morgan fingerprint density at radius 1 is 1.28 bits per heavy atom. The number of carbonyl (C=O) groups excluding carboxylic acids is 1. The van der Waals surface area contributed by atoms with E-state index in [9.17, 15) is 9.59 Å². The molecule has 0 aliphatic heterocycles. The van der Waals surface area contributed by atoms with Crippen molar-refractivity contribution in [2.45, 2.75) is 39.5 Å². The van der Waals surface area contributed by atoms with Crippen molar-refractivity contribution in [3.63, 3.8) is 0 Å². The average Bonchev–Trinajstić information content (AvgIpc) is 2.21. The van der Waals surface area contributed by atoms with E-state index in [4.69, 9.17) is 5.11 Å². The summed E-state index contributed by atoms with van der Waals surface area (Å²) in [7, 11) is 0. The van der Waals surface area contributed by atoms with Crippen molar-refractivity contribution in [1.29, 1.82) is 0 Å². The van der Waals surface area contributed by atoms with Gasteiger partial charge in [-0.25, -0.2) is 4.79 Å². The third kappa shape index (κ3) is 5.38. The molecule has 0 aromatic heterocycles. The molecule has 1 atom stereocenters. The molecule has 18 heavy (non-hydrogen) atoms. The Labute approximate surface area is 108 Å². The van der Waals surface area contributed by atoms with E-state index in [-0.39, 0.29) is 12.6 Å². The molecular formula is C13H24N2O3. The fourth-order valence-electron chi connectivity index (χ4n) is 2.05. The maximum absolute atomic E-state index is 11.5. The summed E-state index contributed by atoms with van der Waals surface area (Å²) in [6, 6.07) is -0.253. The van der Waals surface area contributed by atoms with Crippen LogP contribution in [-0.4, -0.2) is 30.2 Å². The number of nitrogens with one attached hydrogen (secondary N) is 2. The topological polar surface area (TPSA) is 78.4 Å². The fraction of sp³-hybridized carbons (Fsp3) is 0.846. The summed E-state index contributed by atoms with van der Waals surface area (Å²) in [5.41, 5.74) is 0. The van der Waals surface area contributed by atoms with Gasteiger partial charge in [0.15, 0.2) is 0 Å². The first kappa shape index (κ1) is 14.8. The van der Waals surface area contributed by atoms with Gasteiger partial charge < -0.3 is 15.7 Å². The molecule has 1 unspecified atom stereocenters. The summed E-state index contributed by atoms with van der Waals surface area (Å²) in [5, 5.41) is 14.5. The Hall–Kier alpha value is -1.26. The summed E-state index contributed by atoms with van der Waals surface area (Å²) < 4.78 is 0. The van der Waals surface area contributed by atoms with Crippen LogP contribution in [0.3, 0.4) is 0 Å². The van der Waals surface area contributed by atoms with E-state index in [0.29, 0.717) is 24.8 Å². The number of rotatable bonds is 7. The van der Waals surface area contributed by atoms with Gasteiger partial charge in [0.05, 0.1) is 5.92 Å². The molecule has 104 valence electrons. The summed E-state index contributed by atoms with van der Waals surface area (Å²) in [6.45, 7) is 4.86. The Bertz CT molecular complexity index is 288. The van der Waals surface area contributed by atoms with Gasteiger partial charge in [-0.15, -0.1) is 0 Å². The maximum Gasteiger partial charge on any atom is 0.314 e. The minimum absolute atomic E-state index is 0.198. The minimum Gasteiger partial charge on any atom is -0.481 e. The molecule has 3 N–H and O–H groups in total. The number of hydrogen-bond acceptors (Lipinski definition) is 2. The molecule has 0 aromatic rings. The molecule has 1 aliphatic carbocycles. The lowest BCUT2D eigenvalue weighted by atomic mass is 9.85. The van der Waals surface area contributed by atoms with Crippen LogP contribution in [-0.2, 0) is 4.79 Å². The van der Waals surface area contributed by atoms with Crippen LogP contribution >= 0.6 is 0 Å². The first-order chi connectivity index (χ1) is 8.49. The summed E-state index contributed by atoms with van der Waals surface area (Å²) >= 11 is 0. The van der Waals surface area contributed by atoms with Crippen LogP contribution in [0, 0.1) is 17.8 Å². The molecule has 0 spiro atoms. The lowest BCUT2D eigenvalue weighted by molar-refractivity contribution is -0.142. The quantitative estimate of drug-likeness (QED) is 0.650. The highest BCUT2D eigenvalue weighted by Crippen LogP contribution is 2.24. The zero-order valence-electron chi connectivity index (χ0n) is 11.2. The normalized spacial score (nSPS) is 17.1. The predicted octanol–water partition coefficient (Wildman–Crippen LogP) is 1.83. The van der Waals surface area contributed by atoms with Crippen molar-refractivity contribution in [2.24, 2.45) is 17.8 Å². The second kappa shape index (κ2) is 7.24. The molecule has 1 rings (SSSR count). The van der Waals surface area contributed by atoms with Gasteiger partial charge in [0.1, 0.15) is 0 Å². The number of amides is 2. The van der Waals surface area contributed by atoms with Gasteiger partial charge in [0.25, 0.3) is 0 Å². The zero-order valence-corrected chi connectivity index (χ0v) is 11.2. The molecule has 0 bridgehead atoms. The monoisotopic (exact) mass is 256 g/mol. The number of urea groups is 1. The SMILES string of the molecule is CC(C)CC(CNC(=O)NCC1CCC1)C(=O)O. The first-order valence-corrected chi connectivity index (χ1v) is 6.73. The largest absolute Gasteiger partial charge is 0.481 e. The summed E-state index contributed by atoms with van der Waals surface area (Å²) in [6.07, 6.45) is 4.21. The van der Waals surface area contributed by atoms with Crippen LogP contribution in [0.25, 0.3) is 0 Å². The summed E-state index contributed by atoms with van der Waals surface area (Å²) in [5.74, 6) is -0.421. The van der Waals surface area contributed by atoms with Crippen LogP contribution in [0.1, 0.15) is 39.5 Å². The second-order valence-corrected chi connectivity index (χ2v) is 5.55. The molecule has 1 aliphatic rings. The molecular weight excluding hydrogens is 232 g/mol. The Morgan fingerprint density at radius 2 is 1.94 bits per heavy atom. The van der Waals surface area contributed by atoms with Gasteiger partial charge in [0, 0.05) is 13.1 Å². The van der Waals surface area contributed by atoms with Gasteiger partial charge >= 0.3 is 12.0 Å². The van der Waals surface area contributed by atoms with Crippen LogP contribution in [0.4, 0.5) is 4.79 Å². The van der Waals surface area contributed by atoms with Crippen molar-refractivity contribution < 1.29 is 14.7 Å². The standard InChI is InChI=1S/C13H24N2O3/c1-9(2)6-11(12(16)17)8-15-13(18)14-7-10-4-3-5-10/h9-11H,3-8H2,1-2H3,(H,16,17)(H2,14,15,18). The number of carboxylic acids is 1. The summed E-state index contributed by atoms with van der Waals surface area (Å²) in [4.78, 5) is 22.5. The van der Waals surface area contributed by atoms with E-state index < -0.39 is 11.9 Å².